The molecular formula is C9H18OSi. The Morgan fingerprint density at radius 3 is 2.09 bits per heavy atom. The predicted molar refractivity (Wildman–Crippen MR) is 53.9 cm³/mol. The van der Waals surface area contributed by atoms with Crippen molar-refractivity contribution in [1.29, 1.82) is 0 Å². The third-order valence-electron chi connectivity index (χ3n) is 1.65. The first-order valence-electron chi connectivity index (χ1n) is 4.04. The minimum absolute atomic E-state index is 0.0503. The highest BCUT2D eigenvalue weighted by atomic mass is 28.1. The smallest absolute Gasteiger partial charge is 0.0718 e. The van der Waals surface area contributed by atoms with Gasteiger partial charge in [0, 0.05) is 16.5 Å². The van der Waals surface area contributed by atoms with Gasteiger partial charge in [-0.2, -0.15) is 0 Å². The van der Waals surface area contributed by atoms with Crippen LogP contribution in [0.1, 0.15) is 19.8 Å². The van der Waals surface area contributed by atoms with Gasteiger partial charge in [-0.05, 0) is 19.8 Å². The first-order valence-corrected chi connectivity index (χ1v) is 5.45. The van der Waals surface area contributed by atoms with Crippen LogP contribution in [0, 0.1) is 0 Å². The minimum atomic E-state index is -0.0503. The topological polar surface area (TPSA) is 9.23 Å². The van der Waals surface area contributed by atoms with Crippen LogP contribution in [0.25, 0.3) is 0 Å². The Morgan fingerprint density at radius 1 is 1.36 bits per heavy atom. The Kier molecular flexibility index (Phi) is 5.16. The largest absolute Gasteiger partial charge is 0.379 e. The molecule has 0 bridgehead atoms. The summed E-state index contributed by atoms with van der Waals surface area (Å²) in [5.74, 6) is 0. The monoisotopic (exact) mass is 170 g/mol. The predicted octanol–water partition coefficient (Wildman–Crippen LogP) is 1.24. The lowest BCUT2D eigenvalue weighted by molar-refractivity contribution is -0.00115. The molecule has 0 unspecified atom stereocenters. The zero-order valence-corrected chi connectivity index (χ0v) is 9.60. The zero-order chi connectivity index (χ0) is 8.74. The summed E-state index contributed by atoms with van der Waals surface area (Å²) < 4.78 is 5.63. The van der Waals surface area contributed by atoms with E-state index in [4.69, 9.17) is 4.74 Å². The van der Waals surface area contributed by atoms with Gasteiger partial charge < -0.3 is 4.74 Å². The molecule has 0 aromatic heterocycles. The number of hydrogen-bond acceptors (Lipinski definition) is 1. The molecule has 0 aromatic rings. The van der Waals surface area contributed by atoms with Crippen LogP contribution in [0.2, 0.25) is 0 Å². The average molecular weight is 170 g/mol. The van der Waals surface area contributed by atoms with E-state index < -0.39 is 0 Å². The molecular weight excluding hydrogens is 152 g/mol. The number of hydrogen-bond donors (Lipinski definition) is 0. The highest BCUT2D eigenvalue weighted by molar-refractivity contribution is 6.08. The average Bonchev–Trinajstić information content (AvgIpc) is 1.88. The van der Waals surface area contributed by atoms with Crippen molar-refractivity contribution >= 4 is 10.2 Å². The van der Waals surface area contributed by atoms with Gasteiger partial charge in [0.2, 0.25) is 0 Å². The van der Waals surface area contributed by atoms with Gasteiger partial charge in [0.15, 0.2) is 0 Å². The van der Waals surface area contributed by atoms with Crippen LogP contribution in [0.15, 0.2) is 25.3 Å². The molecule has 0 aromatic carbocycles. The molecule has 64 valence electrons. The molecule has 0 rings (SSSR count). The first kappa shape index (κ1) is 10.7. The van der Waals surface area contributed by atoms with Gasteiger partial charge in [-0.15, -0.1) is 13.2 Å². The SMILES string of the molecule is C=CCC(C)(CC=C)OC[SiH3]. The van der Waals surface area contributed by atoms with Crippen LogP contribution < -0.4 is 0 Å². The third kappa shape index (κ3) is 4.17. The summed E-state index contributed by atoms with van der Waals surface area (Å²) in [5.41, 5.74) is -0.0503. The summed E-state index contributed by atoms with van der Waals surface area (Å²) in [5, 5.41) is 0. The van der Waals surface area contributed by atoms with Crippen LogP contribution in [-0.2, 0) is 4.74 Å². The second-order valence-electron chi connectivity index (χ2n) is 2.87. The summed E-state index contributed by atoms with van der Waals surface area (Å²) in [6.45, 7) is 9.52. The maximum atomic E-state index is 5.63. The number of rotatable bonds is 6. The second kappa shape index (κ2) is 5.33. The van der Waals surface area contributed by atoms with Crippen molar-refractivity contribution in [2.45, 2.75) is 25.4 Å². The van der Waals surface area contributed by atoms with Crippen molar-refractivity contribution in [3.8, 4) is 0 Å². The Hall–Kier alpha value is -0.343. The molecule has 0 saturated heterocycles. The molecule has 0 aliphatic heterocycles. The first-order chi connectivity index (χ1) is 5.18. The molecule has 0 radical (unpaired) electrons. The Morgan fingerprint density at radius 2 is 1.82 bits per heavy atom. The molecule has 0 atom stereocenters. The van der Waals surface area contributed by atoms with Gasteiger partial charge in [0.05, 0.1) is 5.60 Å². The van der Waals surface area contributed by atoms with E-state index in [1.165, 1.54) is 0 Å². The van der Waals surface area contributed by atoms with Gasteiger partial charge >= 0.3 is 0 Å². The standard InChI is InChI=1S/C9H18OSi/c1-4-6-9(3,7-5-2)10-8-11/h4-5H,1-2,6-8H2,3,11H3. The van der Waals surface area contributed by atoms with E-state index in [9.17, 15) is 0 Å². The van der Waals surface area contributed by atoms with Gasteiger partial charge in [-0.25, -0.2) is 0 Å². The lowest BCUT2D eigenvalue weighted by atomic mass is 9.98. The van der Waals surface area contributed by atoms with Crippen LogP contribution in [0.5, 0.6) is 0 Å². The van der Waals surface area contributed by atoms with Crippen molar-refractivity contribution in [2.24, 2.45) is 0 Å². The highest BCUT2D eigenvalue weighted by Crippen LogP contribution is 2.20. The maximum absolute atomic E-state index is 5.63. The lowest BCUT2D eigenvalue weighted by Crippen LogP contribution is -2.27. The van der Waals surface area contributed by atoms with E-state index in [2.05, 4.69) is 20.1 Å². The van der Waals surface area contributed by atoms with Gasteiger partial charge in [0.1, 0.15) is 0 Å². The van der Waals surface area contributed by atoms with E-state index in [1.807, 2.05) is 12.2 Å². The molecule has 0 fully saturated rings. The van der Waals surface area contributed by atoms with E-state index in [-0.39, 0.29) is 5.60 Å². The molecule has 0 saturated carbocycles. The molecule has 0 aliphatic carbocycles. The zero-order valence-electron chi connectivity index (χ0n) is 7.60. The Labute approximate surface area is 72.6 Å². The van der Waals surface area contributed by atoms with Crippen molar-refractivity contribution in [3.05, 3.63) is 25.3 Å². The van der Waals surface area contributed by atoms with E-state index in [0.717, 1.165) is 29.3 Å². The molecule has 2 heteroatoms. The molecule has 0 aliphatic rings. The fraction of sp³-hybridized carbons (Fsp3) is 0.556. The van der Waals surface area contributed by atoms with Crippen molar-refractivity contribution in [3.63, 3.8) is 0 Å². The molecule has 0 heterocycles. The van der Waals surface area contributed by atoms with Crippen LogP contribution >= 0.6 is 0 Å². The molecule has 0 N–H and O–H groups in total. The van der Waals surface area contributed by atoms with E-state index in [1.54, 1.807) is 0 Å². The molecule has 0 amide bonds. The highest BCUT2D eigenvalue weighted by Gasteiger charge is 2.20. The van der Waals surface area contributed by atoms with Gasteiger partial charge in [-0.1, -0.05) is 12.2 Å². The quantitative estimate of drug-likeness (QED) is 0.430. The summed E-state index contributed by atoms with van der Waals surface area (Å²) in [6, 6.07) is 0. The van der Waals surface area contributed by atoms with Crippen molar-refractivity contribution in [2.75, 3.05) is 6.23 Å². The van der Waals surface area contributed by atoms with Crippen molar-refractivity contribution in [1.82, 2.24) is 0 Å². The van der Waals surface area contributed by atoms with E-state index >= 15 is 0 Å². The third-order valence-corrected chi connectivity index (χ3v) is 1.93. The minimum Gasteiger partial charge on any atom is -0.379 e. The fourth-order valence-electron chi connectivity index (χ4n) is 1.16. The fourth-order valence-corrected chi connectivity index (χ4v) is 1.86. The molecule has 1 nitrogen and oxygen atoms in total. The van der Waals surface area contributed by atoms with Crippen LogP contribution in [0.4, 0.5) is 0 Å². The Balaban J connectivity index is 3.98. The van der Waals surface area contributed by atoms with Gasteiger partial charge in [0.25, 0.3) is 0 Å². The van der Waals surface area contributed by atoms with Crippen LogP contribution in [0.3, 0.4) is 0 Å². The lowest BCUT2D eigenvalue weighted by Gasteiger charge is -2.26. The number of ether oxygens (including phenoxy) is 1. The summed E-state index contributed by atoms with van der Waals surface area (Å²) in [7, 11) is 1.09. The molecule has 0 spiro atoms. The molecule has 11 heavy (non-hydrogen) atoms. The van der Waals surface area contributed by atoms with Crippen LogP contribution in [-0.4, -0.2) is 22.1 Å². The van der Waals surface area contributed by atoms with E-state index in [0.29, 0.717) is 0 Å². The summed E-state index contributed by atoms with van der Waals surface area (Å²) in [4.78, 5) is 0. The van der Waals surface area contributed by atoms with Crippen molar-refractivity contribution < 1.29 is 4.74 Å². The summed E-state index contributed by atoms with van der Waals surface area (Å²) in [6.07, 6.45) is 6.50. The maximum Gasteiger partial charge on any atom is 0.0718 e. The second-order valence-corrected chi connectivity index (χ2v) is 3.45. The van der Waals surface area contributed by atoms with Gasteiger partial charge in [-0.3, -0.25) is 0 Å². The normalized spacial score (nSPS) is 11.4. The summed E-state index contributed by atoms with van der Waals surface area (Å²) >= 11 is 0. The Bertz CT molecular complexity index is 122.